The van der Waals surface area contributed by atoms with Crippen molar-refractivity contribution < 1.29 is 154 Å². The predicted octanol–water partition coefficient (Wildman–Crippen LogP) is -14.1. The van der Waals surface area contributed by atoms with Crippen LogP contribution >= 0.6 is 0 Å². The van der Waals surface area contributed by atoms with E-state index in [1.807, 2.05) is 0 Å². The SMILES string of the molecule is OC[C@@H](O)[C@@H]1O[C@@H](O[C@H](CO)[C@@H]2O[C@@H](O[C@H](CO)[C@@H]3O[C@@H](O[C@H](CO)[C@@H]4O[C@@H](O[C@H](CO)[C@@H]5O[C@@H](OC[C@H]6OC(O)[C@@H](O)[C@@H](O)[C@@H]6O)[C@H](O)[C@H]5O)[C@H](O)[C@H]4O)[C@H](O)[C@H]3O)[C@H](O)[C@H]2O)[C@H](O)[C@H]1O. The Hall–Kier alpha value is -1.24. The lowest BCUT2D eigenvalue weighted by molar-refractivity contribution is -0.299. The maximum Gasteiger partial charge on any atom is 0.187 e. The molecule has 0 aliphatic carbocycles. The van der Waals surface area contributed by atoms with Gasteiger partial charge in [-0.15, -0.1) is 0 Å². The summed E-state index contributed by atoms with van der Waals surface area (Å²) >= 11 is 0. The number of hydrogen-bond donors (Lipinski definition) is 20. The number of aliphatic hydroxyl groups excluding tert-OH is 20. The van der Waals surface area contributed by atoms with E-state index in [9.17, 15) is 102 Å². The van der Waals surface area contributed by atoms with Gasteiger partial charge in [0.1, 0.15) is 146 Å². The molecule has 0 aromatic carbocycles. The molecule has 0 aromatic heterocycles. The molecular weight excluding hydrogens is 928 g/mol. The maximum atomic E-state index is 10.9. The highest BCUT2D eigenvalue weighted by Gasteiger charge is 2.57. The zero-order chi connectivity index (χ0) is 49.3. The summed E-state index contributed by atoms with van der Waals surface area (Å²) in [4.78, 5) is 0. The third kappa shape index (κ3) is 11.4. The predicted molar refractivity (Wildman–Crippen MR) is 199 cm³/mol. The highest BCUT2D eigenvalue weighted by molar-refractivity contribution is 4.99. The van der Waals surface area contributed by atoms with Crippen LogP contribution in [0.1, 0.15) is 0 Å². The van der Waals surface area contributed by atoms with Gasteiger partial charge in [0.25, 0.3) is 0 Å². The lowest BCUT2D eigenvalue weighted by Crippen LogP contribution is -2.58. The second-order valence-electron chi connectivity index (χ2n) is 16.8. The molecule has 0 radical (unpaired) electrons. The van der Waals surface area contributed by atoms with E-state index in [1.165, 1.54) is 0 Å². The van der Waals surface area contributed by atoms with Gasteiger partial charge in [0.2, 0.25) is 0 Å². The minimum Gasteiger partial charge on any atom is -0.394 e. The molecule has 1 unspecified atom stereocenters. The van der Waals surface area contributed by atoms with Crippen molar-refractivity contribution in [2.45, 2.75) is 184 Å². The summed E-state index contributed by atoms with van der Waals surface area (Å²) in [6, 6.07) is 0. The third-order valence-corrected chi connectivity index (χ3v) is 12.4. The van der Waals surface area contributed by atoms with Gasteiger partial charge < -0.3 is 154 Å². The highest BCUT2D eigenvalue weighted by atomic mass is 16.8. The fraction of sp³-hybridized carbons (Fsp3) is 1.00. The summed E-state index contributed by atoms with van der Waals surface area (Å²) in [6.07, 6.45) is -53.5. The van der Waals surface area contributed by atoms with Gasteiger partial charge in [-0.05, 0) is 0 Å². The van der Waals surface area contributed by atoms with Crippen molar-refractivity contribution in [2.24, 2.45) is 0 Å². The monoisotopic (exact) mass is 990 g/mol. The van der Waals surface area contributed by atoms with Crippen molar-refractivity contribution in [1.29, 1.82) is 0 Å². The van der Waals surface area contributed by atoms with Crippen LogP contribution in [0.15, 0.2) is 0 Å². The van der Waals surface area contributed by atoms with E-state index in [0.717, 1.165) is 0 Å². The summed E-state index contributed by atoms with van der Waals surface area (Å²) in [5, 5.41) is 206. The summed E-state index contributed by atoms with van der Waals surface area (Å²) in [5.41, 5.74) is 0. The number of aliphatic hydroxyl groups is 20. The van der Waals surface area contributed by atoms with Crippen molar-refractivity contribution in [3.8, 4) is 0 Å². The van der Waals surface area contributed by atoms with Crippen LogP contribution in [0.5, 0.6) is 0 Å². The molecule has 20 N–H and O–H groups in total. The van der Waals surface area contributed by atoms with Gasteiger partial charge in [-0.2, -0.15) is 0 Å². The molecule has 6 aliphatic rings. The van der Waals surface area contributed by atoms with Gasteiger partial charge >= 0.3 is 0 Å². The summed E-state index contributed by atoms with van der Waals surface area (Å²) in [7, 11) is 0. The van der Waals surface area contributed by atoms with Gasteiger partial charge in [-0.25, -0.2) is 0 Å². The van der Waals surface area contributed by atoms with E-state index in [0.29, 0.717) is 0 Å². The second-order valence-corrected chi connectivity index (χ2v) is 16.8. The third-order valence-electron chi connectivity index (χ3n) is 12.4. The van der Waals surface area contributed by atoms with Crippen molar-refractivity contribution in [2.75, 3.05) is 39.6 Å². The standard InChI is InChI=1S/C36H62O31/c37-1-7(42)26-15(45)22(52)33(63-26)59-9(3-39)28-17(47)24(54)35(65-28)61-11(5-41)30-19(49)25(55)36(67-30)62-10(4-40)29-18(48)23(53)34(66-29)60-8(2-38)27-16(46)21(51)32(64-27)57-6-12-13(43)14(44)20(50)31(56)58-12/h7-56H,1-6H2/t7-,8-,9-,10-,11-,12-,13-,14+,15-,16-,17-,18-,19-,20+,21-,22-,23-,24-,25-,26+,27+,28+,29+,30+,31?,32-,33-,34-,35-,36-/m1/s1. The zero-order valence-electron chi connectivity index (χ0n) is 35.0. The van der Waals surface area contributed by atoms with Crippen LogP contribution in [0.4, 0.5) is 0 Å². The Morgan fingerprint density at radius 1 is 0.313 bits per heavy atom. The molecule has 6 fully saturated rings. The summed E-state index contributed by atoms with van der Waals surface area (Å²) in [5.74, 6) is 0. The number of hydrogen-bond acceptors (Lipinski definition) is 31. The van der Waals surface area contributed by atoms with E-state index >= 15 is 0 Å². The van der Waals surface area contributed by atoms with Crippen LogP contribution in [0.3, 0.4) is 0 Å². The van der Waals surface area contributed by atoms with Crippen LogP contribution in [0, 0.1) is 0 Å². The topological polar surface area (TPSA) is 506 Å². The molecule has 6 rings (SSSR count). The lowest BCUT2D eigenvalue weighted by Gasteiger charge is -2.38. The van der Waals surface area contributed by atoms with Gasteiger partial charge in [-0.1, -0.05) is 0 Å². The first-order valence-corrected chi connectivity index (χ1v) is 21.1. The Morgan fingerprint density at radius 3 is 0.940 bits per heavy atom. The van der Waals surface area contributed by atoms with Gasteiger partial charge in [0.05, 0.1) is 39.6 Å². The molecule has 0 spiro atoms. The molecular formula is C36H62O31. The van der Waals surface area contributed by atoms with Crippen LogP contribution in [-0.2, 0) is 52.1 Å². The Kier molecular flexibility index (Phi) is 19.4. The molecule has 0 amide bonds. The first kappa shape index (κ1) is 55.1. The lowest BCUT2D eigenvalue weighted by atomic mass is 9.99. The largest absolute Gasteiger partial charge is 0.394 e. The Balaban J connectivity index is 1.03. The van der Waals surface area contributed by atoms with Crippen LogP contribution in [0.25, 0.3) is 0 Å². The fourth-order valence-electron chi connectivity index (χ4n) is 8.44. The second kappa shape index (κ2) is 23.5. The first-order chi connectivity index (χ1) is 31.7. The minimum atomic E-state index is -2.00. The Labute approximate surface area is 378 Å². The quantitative estimate of drug-likeness (QED) is 0.0508. The van der Waals surface area contributed by atoms with E-state index in [1.54, 1.807) is 0 Å². The van der Waals surface area contributed by atoms with Gasteiger partial charge in [0.15, 0.2) is 37.7 Å². The Morgan fingerprint density at radius 2 is 0.612 bits per heavy atom. The normalized spacial score (nSPS) is 49.3. The first-order valence-electron chi connectivity index (χ1n) is 21.1. The van der Waals surface area contributed by atoms with E-state index in [-0.39, 0.29) is 0 Å². The number of ether oxygens (including phenoxy) is 11. The molecule has 6 heterocycles. The van der Waals surface area contributed by atoms with E-state index in [4.69, 9.17) is 52.1 Å². The molecule has 30 atom stereocenters. The molecule has 31 nitrogen and oxygen atoms in total. The van der Waals surface area contributed by atoms with Gasteiger partial charge in [-0.3, -0.25) is 0 Å². The van der Waals surface area contributed by atoms with Crippen molar-refractivity contribution in [3.05, 3.63) is 0 Å². The van der Waals surface area contributed by atoms with Crippen LogP contribution in [-0.4, -0.2) is 326 Å². The average Bonchev–Trinajstić information content (AvgIpc) is 4.04. The maximum absolute atomic E-state index is 10.9. The van der Waals surface area contributed by atoms with Crippen LogP contribution < -0.4 is 0 Å². The van der Waals surface area contributed by atoms with Gasteiger partial charge in [0, 0.05) is 0 Å². The Bertz CT molecular complexity index is 1510. The van der Waals surface area contributed by atoms with Crippen LogP contribution in [0.2, 0.25) is 0 Å². The van der Waals surface area contributed by atoms with E-state index < -0.39 is 224 Å². The molecule has 392 valence electrons. The van der Waals surface area contributed by atoms with Crippen molar-refractivity contribution in [3.63, 3.8) is 0 Å². The fourth-order valence-corrected chi connectivity index (χ4v) is 8.44. The average molecular weight is 991 g/mol. The summed E-state index contributed by atoms with van der Waals surface area (Å²) in [6.45, 7) is -5.50. The van der Waals surface area contributed by atoms with Crippen molar-refractivity contribution >= 4 is 0 Å². The summed E-state index contributed by atoms with van der Waals surface area (Å²) < 4.78 is 60.2. The molecule has 31 heteroatoms. The smallest absolute Gasteiger partial charge is 0.187 e. The minimum absolute atomic E-state index is 0.663. The molecule has 6 saturated heterocycles. The zero-order valence-corrected chi connectivity index (χ0v) is 35.0. The van der Waals surface area contributed by atoms with Crippen molar-refractivity contribution in [1.82, 2.24) is 0 Å². The molecule has 0 aromatic rings. The molecule has 0 saturated carbocycles. The highest BCUT2D eigenvalue weighted by Crippen LogP contribution is 2.36. The molecule has 6 aliphatic heterocycles. The molecule has 67 heavy (non-hydrogen) atoms. The number of rotatable bonds is 21. The van der Waals surface area contributed by atoms with E-state index in [2.05, 4.69) is 0 Å². The molecule has 0 bridgehead atoms.